The lowest BCUT2D eigenvalue weighted by molar-refractivity contribution is 0.0685. The Morgan fingerprint density at radius 2 is 1.55 bits per heavy atom. The summed E-state index contributed by atoms with van der Waals surface area (Å²) < 4.78 is 5.29. The molecule has 0 spiro atoms. The summed E-state index contributed by atoms with van der Waals surface area (Å²) in [5.41, 5.74) is 0.503. The van der Waals surface area contributed by atoms with E-state index in [2.05, 4.69) is 0 Å². The van der Waals surface area contributed by atoms with E-state index in [4.69, 9.17) is 9.84 Å². The Bertz CT molecular complexity index is 1060. The Hall–Kier alpha value is -3.72. The molecule has 9 nitrogen and oxygen atoms in total. The number of hydrogen-bond acceptors (Lipinski definition) is 6. The zero-order valence-corrected chi connectivity index (χ0v) is 15.1. The number of ether oxygens (including phenoxy) is 1. The lowest BCUT2D eigenvalue weighted by Gasteiger charge is -2.30. The van der Waals surface area contributed by atoms with Gasteiger partial charge >= 0.3 is 11.9 Å². The first-order valence-corrected chi connectivity index (χ1v) is 8.84. The number of fused-ring (bicyclic) bond motifs is 1. The normalized spacial score (nSPS) is 16.1. The number of carbonyl (C=O) groups excluding carboxylic acids is 2. The number of amides is 2. The van der Waals surface area contributed by atoms with Crippen molar-refractivity contribution in [2.45, 2.75) is 0 Å². The zero-order chi connectivity index (χ0) is 20.7. The molecule has 148 valence electrons. The van der Waals surface area contributed by atoms with Gasteiger partial charge in [-0.15, -0.1) is 0 Å². The monoisotopic (exact) mass is 396 g/mol. The van der Waals surface area contributed by atoms with Crippen LogP contribution in [0.15, 0.2) is 36.4 Å². The minimum Gasteiger partial charge on any atom is -0.478 e. The fourth-order valence-corrected chi connectivity index (χ4v) is 3.52. The summed E-state index contributed by atoms with van der Waals surface area (Å²) in [6.45, 7) is 2.02. The third-order valence-corrected chi connectivity index (χ3v) is 4.95. The Balaban J connectivity index is 1.74. The van der Waals surface area contributed by atoms with Crippen LogP contribution in [0.4, 0.5) is 11.4 Å². The second-order valence-corrected chi connectivity index (χ2v) is 6.62. The van der Waals surface area contributed by atoms with Crippen molar-refractivity contribution in [3.8, 4) is 0 Å². The summed E-state index contributed by atoms with van der Waals surface area (Å²) in [5, 5.41) is 18.8. The van der Waals surface area contributed by atoms with Crippen LogP contribution in [0.3, 0.4) is 0 Å². The van der Waals surface area contributed by atoms with Crippen LogP contribution < -0.4 is 9.80 Å². The molecule has 1 saturated heterocycles. The van der Waals surface area contributed by atoms with E-state index < -0.39 is 23.8 Å². The molecule has 0 aliphatic carbocycles. The predicted molar refractivity (Wildman–Crippen MR) is 101 cm³/mol. The van der Waals surface area contributed by atoms with Crippen molar-refractivity contribution in [1.29, 1.82) is 0 Å². The Morgan fingerprint density at radius 3 is 2.21 bits per heavy atom. The summed E-state index contributed by atoms with van der Waals surface area (Å²) in [6.07, 6.45) is 0. The van der Waals surface area contributed by atoms with Gasteiger partial charge in [0.1, 0.15) is 0 Å². The van der Waals surface area contributed by atoms with Gasteiger partial charge in [-0.25, -0.2) is 14.5 Å². The van der Waals surface area contributed by atoms with Gasteiger partial charge in [0.2, 0.25) is 0 Å². The maximum Gasteiger partial charge on any atom is 0.337 e. The molecule has 4 rings (SSSR count). The van der Waals surface area contributed by atoms with E-state index in [1.54, 1.807) is 6.07 Å². The molecule has 0 radical (unpaired) electrons. The largest absolute Gasteiger partial charge is 0.478 e. The Kier molecular flexibility index (Phi) is 4.51. The zero-order valence-electron chi connectivity index (χ0n) is 15.1. The number of carbonyl (C=O) groups is 4. The SMILES string of the molecule is O=C(O)c1ccc2c(c1)C(=O)N(c1ccc(N3CCOCC3)c(C(=O)O)c1)C2=O. The first kappa shape index (κ1) is 18.6. The molecule has 0 atom stereocenters. The van der Waals surface area contributed by atoms with Gasteiger partial charge in [-0.3, -0.25) is 9.59 Å². The Labute approximate surface area is 164 Å². The molecule has 0 unspecified atom stereocenters. The average Bonchev–Trinajstić information content (AvgIpc) is 2.98. The number of nitrogens with zero attached hydrogens (tertiary/aromatic N) is 2. The van der Waals surface area contributed by atoms with Gasteiger partial charge < -0.3 is 19.8 Å². The maximum atomic E-state index is 12.8. The predicted octanol–water partition coefficient (Wildman–Crippen LogP) is 1.72. The molecule has 2 aliphatic heterocycles. The van der Waals surface area contributed by atoms with Crippen molar-refractivity contribution < 1.29 is 34.1 Å². The lowest BCUT2D eigenvalue weighted by Crippen LogP contribution is -2.37. The number of hydrogen-bond donors (Lipinski definition) is 2. The molecule has 2 heterocycles. The van der Waals surface area contributed by atoms with E-state index in [0.717, 1.165) is 11.0 Å². The molecule has 2 amide bonds. The molecule has 0 bridgehead atoms. The molecule has 0 aromatic heterocycles. The topological polar surface area (TPSA) is 124 Å². The standard InChI is InChI=1S/C20H16N2O7/c23-17-13-3-1-11(19(25)26)9-14(13)18(24)22(17)12-2-4-16(15(10-12)20(27)28)21-5-7-29-8-6-21/h1-4,9-10H,5-8H2,(H,25,26)(H,27,28). The molecule has 29 heavy (non-hydrogen) atoms. The van der Waals surface area contributed by atoms with Crippen LogP contribution in [0.5, 0.6) is 0 Å². The maximum absolute atomic E-state index is 12.8. The molecule has 9 heteroatoms. The minimum absolute atomic E-state index is 0.0240. The number of morpholine rings is 1. The number of aromatic carboxylic acids is 2. The summed E-state index contributed by atoms with van der Waals surface area (Å²) in [4.78, 5) is 51.2. The summed E-state index contributed by atoms with van der Waals surface area (Å²) in [6, 6.07) is 8.05. The van der Waals surface area contributed by atoms with Crippen LogP contribution in [0.1, 0.15) is 41.4 Å². The molecule has 1 fully saturated rings. The van der Waals surface area contributed by atoms with Crippen LogP contribution in [-0.2, 0) is 4.74 Å². The fraction of sp³-hybridized carbons (Fsp3) is 0.200. The van der Waals surface area contributed by atoms with Gasteiger partial charge in [0.05, 0.1) is 46.8 Å². The highest BCUT2D eigenvalue weighted by Gasteiger charge is 2.37. The van der Waals surface area contributed by atoms with Crippen molar-refractivity contribution in [3.63, 3.8) is 0 Å². The molecule has 2 aromatic carbocycles. The third-order valence-electron chi connectivity index (χ3n) is 4.95. The van der Waals surface area contributed by atoms with Crippen molar-refractivity contribution in [2.75, 3.05) is 36.1 Å². The average molecular weight is 396 g/mol. The lowest BCUT2D eigenvalue weighted by atomic mass is 10.1. The van der Waals surface area contributed by atoms with Crippen molar-refractivity contribution in [1.82, 2.24) is 0 Å². The van der Waals surface area contributed by atoms with Gasteiger partial charge in [0.15, 0.2) is 0 Å². The third kappa shape index (κ3) is 3.11. The highest BCUT2D eigenvalue weighted by atomic mass is 16.5. The summed E-state index contributed by atoms with van der Waals surface area (Å²) >= 11 is 0. The van der Waals surface area contributed by atoms with Gasteiger partial charge in [-0.2, -0.15) is 0 Å². The van der Waals surface area contributed by atoms with Crippen LogP contribution in [0, 0.1) is 0 Å². The van der Waals surface area contributed by atoms with Crippen LogP contribution in [-0.4, -0.2) is 60.3 Å². The molecule has 2 aromatic rings. The first-order chi connectivity index (χ1) is 13.9. The van der Waals surface area contributed by atoms with Gasteiger partial charge in [0.25, 0.3) is 11.8 Å². The highest BCUT2D eigenvalue weighted by molar-refractivity contribution is 6.34. The smallest absolute Gasteiger partial charge is 0.337 e. The van der Waals surface area contributed by atoms with E-state index in [1.165, 1.54) is 24.3 Å². The van der Waals surface area contributed by atoms with Crippen LogP contribution in [0.2, 0.25) is 0 Å². The number of carboxylic acids is 2. The molecular formula is C20H16N2O7. The van der Waals surface area contributed by atoms with E-state index in [9.17, 15) is 24.3 Å². The highest BCUT2D eigenvalue weighted by Crippen LogP contribution is 2.33. The first-order valence-electron chi connectivity index (χ1n) is 8.84. The number of benzene rings is 2. The number of carboxylic acid groups (broad SMARTS) is 2. The van der Waals surface area contributed by atoms with Crippen molar-refractivity contribution >= 4 is 35.1 Å². The van der Waals surface area contributed by atoms with Gasteiger partial charge in [0, 0.05) is 13.1 Å². The number of anilines is 2. The van der Waals surface area contributed by atoms with E-state index >= 15 is 0 Å². The van der Waals surface area contributed by atoms with Gasteiger partial charge in [-0.05, 0) is 36.4 Å². The molecular weight excluding hydrogens is 380 g/mol. The second-order valence-electron chi connectivity index (χ2n) is 6.62. The second kappa shape index (κ2) is 7.02. The quantitative estimate of drug-likeness (QED) is 0.749. The fourth-order valence-electron chi connectivity index (χ4n) is 3.52. The van der Waals surface area contributed by atoms with Crippen LogP contribution >= 0.6 is 0 Å². The Morgan fingerprint density at radius 1 is 0.862 bits per heavy atom. The van der Waals surface area contributed by atoms with Crippen molar-refractivity contribution in [3.05, 3.63) is 58.7 Å². The summed E-state index contributed by atoms with van der Waals surface area (Å²) in [5.74, 6) is -3.71. The molecule has 2 aliphatic rings. The van der Waals surface area contributed by atoms with Crippen molar-refractivity contribution in [2.24, 2.45) is 0 Å². The molecule has 0 saturated carbocycles. The summed E-state index contributed by atoms with van der Waals surface area (Å²) in [7, 11) is 0. The molecule has 2 N–H and O–H groups in total. The van der Waals surface area contributed by atoms with Crippen LogP contribution in [0.25, 0.3) is 0 Å². The van der Waals surface area contributed by atoms with E-state index in [0.29, 0.717) is 32.0 Å². The minimum atomic E-state index is -1.21. The van der Waals surface area contributed by atoms with E-state index in [-0.39, 0.29) is 27.9 Å². The number of imide groups is 1. The van der Waals surface area contributed by atoms with E-state index in [1.807, 2.05) is 4.90 Å². The van der Waals surface area contributed by atoms with Gasteiger partial charge in [-0.1, -0.05) is 0 Å². The number of rotatable bonds is 4.